The van der Waals surface area contributed by atoms with Crippen molar-refractivity contribution in [3.63, 3.8) is 0 Å². The van der Waals surface area contributed by atoms with Crippen molar-refractivity contribution in [3.05, 3.63) is 46.7 Å². The number of rotatable bonds is 8. The highest BCUT2D eigenvalue weighted by Crippen LogP contribution is 2.38. The van der Waals surface area contributed by atoms with Gasteiger partial charge < -0.3 is 5.11 Å². The number of thioether (sulfide) groups is 1. The molecule has 1 heterocycles. The molecule has 0 spiro atoms. The van der Waals surface area contributed by atoms with Gasteiger partial charge in [-0.25, -0.2) is 0 Å². The number of hydrogen-bond acceptors (Lipinski definition) is 5. The molecular formula is C22H24BrN3O3S. The molecule has 0 aliphatic heterocycles. The molecule has 0 saturated carbocycles. The Kier molecular flexibility index (Phi) is 6.67. The Morgan fingerprint density at radius 1 is 1.10 bits per heavy atom. The van der Waals surface area contributed by atoms with Crippen LogP contribution in [-0.4, -0.2) is 36.4 Å². The van der Waals surface area contributed by atoms with Gasteiger partial charge in [0.25, 0.3) is 0 Å². The van der Waals surface area contributed by atoms with Gasteiger partial charge in [0, 0.05) is 11.8 Å². The minimum absolute atomic E-state index is 0.0172. The summed E-state index contributed by atoms with van der Waals surface area (Å²) < 4.78 is 1.60. The lowest BCUT2D eigenvalue weighted by Crippen LogP contribution is -2.28. The van der Waals surface area contributed by atoms with Gasteiger partial charge in [0.1, 0.15) is 5.78 Å². The van der Waals surface area contributed by atoms with Crippen molar-refractivity contribution in [2.24, 2.45) is 0 Å². The molecule has 2 aromatic carbocycles. The minimum Gasteiger partial charge on any atom is -0.481 e. The van der Waals surface area contributed by atoms with Crippen molar-refractivity contribution in [2.75, 3.05) is 0 Å². The van der Waals surface area contributed by atoms with Gasteiger partial charge in [-0.2, -0.15) is 0 Å². The molecule has 6 nitrogen and oxygen atoms in total. The number of Topliss-reactive ketones (excluding diaryl/α,β-unsaturated/α-hetero) is 1. The number of halogens is 1. The second kappa shape index (κ2) is 8.89. The topological polar surface area (TPSA) is 85.1 Å². The first-order valence-electron chi connectivity index (χ1n) is 9.69. The molecule has 0 amide bonds. The number of carboxylic acid groups (broad SMARTS) is 1. The van der Waals surface area contributed by atoms with E-state index in [4.69, 9.17) is 5.11 Å². The molecule has 0 radical (unpaired) electrons. The normalized spacial score (nSPS) is 11.9. The fourth-order valence-corrected chi connectivity index (χ4v) is 4.92. The second-order valence-electron chi connectivity index (χ2n) is 7.89. The number of fused-ring (bicyclic) bond motifs is 1. The maximum atomic E-state index is 12.6. The number of carbonyl (C=O) groups is 2. The Hall–Kier alpha value is -2.19. The van der Waals surface area contributed by atoms with E-state index in [-0.39, 0.29) is 18.6 Å². The van der Waals surface area contributed by atoms with Crippen LogP contribution in [0.1, 0.15) is 52.0 Å². The van der Waals surface area contributed by atoms with E-state index in [0.29, 0.717) is 15.8 Å². The number of carbonyl (C=O) groups excluding carboxylic acids is 1. The van der Waals surface area contributed by atoms with E-state index in [1.54, 1.807) is 13.8 Å². The van der Waals surface area contributed by atoms with E-state index in [2.05, 4.69) is 64.2 Å². The van der Waals surface area contributed by atoms with Crippen LogP contribution in [0.3, 0.4) is 0 Å². The largest absolute Gasteiger partial charge is 0.481 e. The van der Waals surface area contributed by atoms with Crippen molar-refractivity contribution >= 4 is 50.2 Å². The standard InChI is InChI=1S/C22H24BrN3O3S/c1-13(2)14-9-10-17(16-8-6-5-7-15(14)16)26-20(23)24-25-21(26)30-22(3,4)18(27)11-12-19(28)29/h5-10,13H,11-12H2,1-4H3,(H,28,29). The number of ketones is 1. The molecule has 8 heteroatoms. The van der Waals surface area contributed by atoms with Crippen LogP contribution in [-0.2, 0) is 9.59 Å². The first kappa shape index (κ1) is 22.5. The maximum absolute atomic E-state index is 12.6. The lowest BCUT2D eigenvalue weighted by molar-refractivity contribution is -0.138. The summed E-state index contributed by atoms with van der Waals surface area (Å²) in [6, 6.07) is 12.4. The zero-order valence-electron chi connectivity index (χ0n) is 17.3. The molecule has 30 heavy (non-hydrogen) atoms. The number of aromatic nitrogens is 3. The molecule has 0 saturated heterocycles. The van der Waals surface area contributed by atoms with Crippen molar-refractivity contribution in [1.82, 2.24) is 14.8 Å². The number of hydrogen-bond donors (Lipinski definition) is 1. The Bertz CT molecular complexity index is 1110. The van der Waals surface area contributed by atoms with Gasteiger partial charge in [-0.1, -0.05) is 55.9 Å². The van der Waals surface area contributed by atoms with Crippen LogP contribution in [0.25, 0.3) is 16.5 Å². The second-order valence-corrected chi connectivity index (χ2v) is 10.2. The summed E-state index contributed by atoms with van der Waals surface area (Å²) in [5.41, 5.74) is 2.18. The Morgan fingerprint density at radius 2 is 1.77 bits per heavy atom. The van der Waals surface area contributed by atoms with Crippen LogP contribution in [0.5, 0.6) is 0 Å². The summed E-state index contributed by atoms with van der Waals surface area (Å²) in [5.74, 6) is -0.736. The van der Waals surface area contributed by atoms with Crippen LogP contribution < -0.4 is 0 Å². The van der Waals surface area contributed by atoms with Crippen LogP contribution in [0.4, 0.5) is 0 Å². The van der Waals surface area contributed by atoms with Crippen molar-refractivity contribution in [3.8, 4) is 5.69 Å². The van der Waals surface area contributed by atoms with E-state index >= 15 is 0 Å². The van der Waals surface area contributed by atoms with Gasteiger partial charge >= 0.3 is 5.97 Å². The highest BCUT2D eigenvalue weighted by atomic mass is 79.9. The average molecular weight is 490 g/mol. The molecule has 0 fully saturated rings. The van der Waals surface area contributed by atoms with E-state index in [1.165, 1.54) is 22.7 Å². The number of carboxylic acids is 1. The summed E-state index contributed by atoms with van der Waals surface area (Å²) in [5, 5.41) is 20.1. The van der Waals surface area contributed by atoms with Crippen LogP contribution in [0.2, 0.25) is 0 Å². The predicted molar refractivity (Wildman–Crippen MR) is 122 cm³/mol. The molecule has 3 rings (SSSR count). The number of nitrogens with zero attached hydrogens (tertiary/aromatic N) is 3. The van der Waals surface area contributed by atoms with Crippen LogP contribution >= 0.6 is 27.7 Å². The fraction of sp³-hybridized carbons (Fsp3) is 0.364. The molecule has 0 atom stereocenters. The minimum atomic E-state index is -0.980. The molecule has 158 valence electrons. The maximum Gasteiger partial charge on any atom is 0.303 e. The van der Waals surface area contributed by atoms with Gasteiger partial charge in [0.2, 0.25) is 4.73 Å². The Balaban J connectivity index is 2.04. The van der Waals surface area contributed by atoms with Crippen molar-refractivity contribution in [2.45, 2.75) is 56.4 Å². The van der Waals surface area contributed by atoms with Gasteiger partial charge in [0.05, 0.1) is 16.9 Å². The lowest BCUT2D eigenvalue weighted by atomic mass is 9.95. The molecule has 0 bridgehead atoms. The molecule has 3 aromatic rings. The highest BCUT2D eigenvalue weighted by Gasteiger charge is 2.32. The van der Waals surface area contributed by atoms with E-state index in [9.17, 15) is 9.59 Å². The lowest BCUT2D eigenvalue weighted by Gasteiger charge is -2.22. The van der Waals surface area contributed by atoms with Gasteiger partial charge in [-0.05, 0) is 52.7 Å². The van der Waals surface area contributed by atoms with Crippen molar-refractivity contribution < 1.29 is 14.7 Å². The third kappa shape index (κ3) is 4.59. The first-order valence-corrected chi connectivity index (χ1v) is 11.3. The zero-order chi connectivity index (χ0) is 22.1. The first-order chi connectivity index (χ1) is 14.1. The molecule has 1 N–H and O–H groups in total. The van der Waals surface area contributed by atoms with Gasteiger partial charge in [-0.15, -0.1) is 10.2 Å². The SMILES string of the molecule is CC(C)c1ccc(-n2c(Br)nnc2SC(C)(C)C(=O)CCC(=O)O)c2ccccc12. The third-order valence-corrected chi connectivity index (χ3v) is 6.67. The molecule has 0 aliphatic rings. The quantitative estimate of drug-likeness (QED) is 0.413. The highest BCUT2D eigenvalue weighted by molar-refractivity contribution is 9.10. The summed E-state index contributed by atoms with van der Waals surface area (Å²) >= 11 is 4.78. The number of benzene rings is 2. The molecular weight excluding hydrogens is 466 g/mol. The summed E-state index contributed by atoms with van der Waals surface area (Å²) in [6.45, 7) is 7.91. The molecule has 1 aromatic heterocycles. The molecule has 0 unspecified atom stereocenters. The smallest absolute Gasteiger partial charge is 0.303 e. The summed E-state index contributed by atoms with van der Waals surface area (Å²) in [7, 11) is 0. The van der Waals surface area contributed by atoms with Crippen molar-refractivity contribution in [1.29, 1.82) is 0 Å². The van der Waals surface area contributed by atoms with Gasteiger partial charge in [-0.3, -0.25) is 14.2 Å². The van der Waals surface area contributed by atoms with E-state index in [0.717, 1.165) is 11.1 Å². The Morgan fingerprint density at radius 3 is 2.40 bits per heavy atom. The summed E-state index contributed by atoms with van der Waals surface area (Å²) in [6.07, 6.45) is -0.197. The number of aliphatic carboxylic acids is 1. The average Bonchev–Trinajstić information content (AvgIpc) is 3.04. The fourth-order valence-electron chi connectivity index (χ4n) is 3.33. The van der Waals surface area contributed by atoms with E-state index < -0.39 is 10.7 Å². The predicted octanol–water partition coefficient (Wildman–Crippen LogP) is 5.61. The molecule has 0 aliphatic carbocycles. The van der Waals surface area contributed by atoms with Crippen LogP contribution in [0.15, 0.2) is 46.3 Å². The Labute approximate surface area is 188 Å². The van der Waals surface area contributed by atoms with Crippen LogP contribution in [0, 0.1) is 0 Å². The van der Waals surface area contributed by atoms with E-state index in [1.807, 2.05) is 16.7 Å². The monoisotopic (exact) mass is 489 g/mol. The van der Waals surface area contributed by atoms with Gasteiger partial charge in [0.15, 0.2) is 5.16 Å². The third-order valence-electron chi connectivity index (χ3n) is 4.98. The zero-order valence-corrected chi connectivity index (χ0v) is 19.7. The summed E-state index contributed by atoms with van der Waals surface area (Å²) in [4.78, 5) is 23.4.